The Morgan fingerprint density at radius 3 is 2.70 bits per heavy atom. The van der Waals surface area contributed by atoms with E-state index < -0.39 is 0 Å². The van der Waals surface area contributed by atoms with Gasteiger partial charge in [-0.05, 0) is 44.0 Å². The van der Waals surface area contributed by atoms with Gasteiger partial charge in [0, 0.05) is 24.4 Å². The molecule has 0 fully saturated rings. The molecule has 23 heavy (non-hydrogen) atoms. The van der Waals surface area contributed by atoms with Gasteiger partial charge in [0.1, 0.15) is 5.52 Å². The van der Waals surface area contributed by atoms with Crippen LogP contribution in [0.2, 0.25) is 0 Å². The topological polar surface area (TPSA) is 13.7 Å². The Kier molecular flexibility index (Phi) is 2.28. The maximum atomic E-state index is 2.44. The number of hydrogen-bond acceptors (Lipinski definition) is 0. The SMILES string of the molecule is Cc1cc(C)n2c1-c1cccc3c1c1c(c(C)cc[n+]1C2)n3C. The molecule has 0 unspecified atom stereocenters. The largest absolute Gasteiger partial charge is 0.338 e. The number of benzene rings is 1. The van der Waals surface area contributed by atoms with Gasteiger partial charge in [0.05, 0.1) is 16.6 Å². The van der Waals surface area contributed by atoms with Crippen LogP contribution in [0.15, 0.2) is 36.5 Å². The zero-order valence-electron chi connectivity index (χ0n) is 14.0. The van der Waals surface area contributed by atoms with Crippen LogP contribution in [0.1, 0.15) is 16.8 Å². The van der Waals surface area contributed by atoms with Crippen LogP contribution in [0.4, 0.5) is 0 Å². The van der Waals surface area contributed by atoms with Gasteiger partial charge in [-0.25, -0.2) is 0 Å². The summed E-state index contributed by atoms with van der Waals surface area (Å²) in [5, 5.41) is 1.38. The van der Waals surface area contributed by atoms with Crippen molar-refractivity contribution in [1.82, 2.24) is 9.13 Å². The van der Waals surface area contributed by atoms with E-state index in [4.69, 9.17) is 0 Å². The highest BCUT2D eigenvalue weighted by Gasteiger charge is 2.28. The lowest BCUT2D eigenvalue weighted by Gasteiger charge is -2.09. The molecule has 4 aromatic rings. The molecule has 1 aliphatic heterocycles. The monoisotopic (exact) mass is 302 g/mol. The van der Waals surface area contributed by atoms with E-state index >= 15 is 0 Å². The summed E-state index contributed by atoms with van der Waals surface area (Å²) in [7, 11) is 2.19. The molecule has 1 aliphatic rings. The number of rotatable bonds is 0. The molecule has 0 bridgehead atoms. The van der Waals surface area contributed by atoms with E-state index in [0.717, 1.165) is 6.67 Å². The van der Waals surface area contributed by atoms with Gasteiger partial charge >= 0.3 is 0 Å². The van der Waals surface area contributed by atoms with Crippen molar-refractivity contribution in [3.8, 4) is 11.3 Å². The highest BCUT2D eigenvalue weighted by atomic mass is 15.2. The van der Waals surface area contributed by atoms with Crippen molar-refractivity contribution in [2.24, 2.45) is 7.05 Å². The number of hydrogen-bond donors (Lipinski definition) is 0. The predicted molar refractivity (Wildman–Crippen MR) is 93.7 cm³/mol. The molecule has 3 aromatic heterocycles. The average molecular weight is 302 g/mol. The van der Waals surface area contributed by atoms with E-state index in [0.29, 0.717) is 0 Å². The molecule has 114 valence electrons. The lowest BCUT2D eigenvalue weighted by Crippen LogP contribution is -2.37. The van der Waals surface area contributed by atoms with Crippen molar-refractivity contribution in [1.29, 1.82) is 0 Å². The van der Waals surface area contributed by atoms with E-state index in [2.05, 4.69) is 78.0 Å². The Hall–Kier alpha value is -2.55. The Morgan fingerprint density at radius 1 is 1.04 bits per heavy atom. The van der Waals surface area contributed by atoms with Gasteiger partial charge in [-0.2, -0.15) is 4.57 Å². The Balaban J connectivity index is 2.13. The van der Waals surface area contributed by atoms with Gasteiger partial charge in [0.15, 0.2) is 6.20 Å². The van der Waals surface area contributed by atoms with Crippen LogP contribution in [-0.4, -0.2) is 9.13 Å². The molecule has 0 N–H and O–H groups in total. The first-order valence-electron chi connectivity index (χ1n) is 8.15. The number of fused-ring (bicyclic) bond motifs is 2. The highest BCUT2D eigenvalue weighted by molar-refractivity contribution is 6.12. The molecule has 0 amide bonds. The molecule has 0 aliphatic carbocycles. The van der Waals surface area contributed by atoms with Crippen molar-refractivity contribution in [3.05, 3.63) is 53.3 Å². The van der Waals surface area contributed by atoms with Gasteiger partial charge in [-0.15, -0.1) is 0 Å². The Labute approximate surface area is 135 Å². The lowest BCUT2D eigenvalue weighted by molar-refractivity contribution is -0.675. The van der Waals surface area contributed by atoms with Crippen LogP contribution in [0.5, 0.6) is 0 Å². The summed E-state index contributed by atoms with van der Waals surface area (Å²) in [4.78, 5) is 0. The van der Waals surface area contributed by atoms with Gasteiger partial charge in [-0.1, -0.05) is 12.1 Å². The fraction of sp³-hybridized carbons (Fsp3) is 0.250. The van der Waals surface area contributed by atoms with Crippen LogP contribution in [0.3, 0.4) is 0 Å². The maximum absolute atomic E-state index is 2.44. The molecule has 3 nitrogen and oxygen atoms in total. The first kappa shape index (κ1) is 12.9. The molecule has 0 atom stereocenters. The molecule has 5 rings (SSSR count). The van der Waals surface area contributed by atoms with Gasteiger partial charge in [0.25, 0.3) is 0 Å². The van der Waals surface area contributed by atoms with Crippen LogP contribution in [-0.2, 0) is 13.7 Å². The van der Waals surface area contributed by atoms with Crippen molar-refractivity contribution in [2.75, 3.05) is 0 Å². The highest BCUT2D eigenvalue weighted by Crippen LogP contribution is 2.39. The van der Waals surface area contributed by atoms with Crippen LogP contribution in [0.25, 0.3) is 33.2 Å². The first-order valence-corrected chi connectivity index (χ1v) is 8.15. The minimum Gasteiger partial charge on any atom is -0.338 e. The second-order valence-corrected chi connectivity index (χ2v) is 6.81. The second-order valence-electron chi connectivity index (χ2n) is 6.81. The average Bonchev–Trinajstić information content (AvgIpc) is 2.91. The maximum Gasteiger partial charge on any atom is 0.241 e. The van der Waals surface area contributed by atoms with Crippen molar-refractivity contribution in [3.63, 3.8) is 0 Å². The molecule has 0 saturated heterocycles. The van der Waals surface area contributed by atoms with Crippen molar-refractivity contribution in [2.45, 2.75) is 27.4 Å². The summed E-state index contributed by atoms with van der Waals surface area (Å²) in [6.45, 7) is 7.52. The summed E-state index contributed by atoms with van der Waals surface area (Å²) < 4.78 is 7.19. The van der Waals surface area contributed by atoms with E-state index in [1.54, 1.807) is 0 Å². The predicted octanol–water partition coefficient (Wildman–Crippen LogP) is 3.83. The molecule has 0 spiro atoms. The standard InChI is InChI=1S/C20H20N3/c1-12-8-9-22-11-23-14(3)10-13(2)18(23)15-6-5-7-16-17(15)20(22)19(12)21(16)4/h5-10H,11H2,1-4H3/q+1. The van der Waals surface area contributed by atoms with Gasteiger partial charge < -0.3 is 4.57 Å². The minimum absolute atomic E-state index is 0.875. The molecular formula is C20H20N3+. The zero-order chi connectivity index (χ0) is 15.9. The molecular weight excluding hydrogens is 282 g/mol. The molecule has 4 heterocycles. The van der Waals surface area contributed by atoms with Crippen LogP contribution < -0.4 is 4.57 Å². The summed E-state index contributed by atoms with van der Waals surface area (Å²) in [6.07, 6.45) is 2.23. The summed E-state index contributed by atoms with van der Waals surface area (Å²) >= 11 is 0. The number of nitrogens with zero attached hydrogens (tertiary/aromatic N) is 3. The second kappa shape index (κ2) is 4.05. The third-order valence-electron chi connectivity index (χ3n) is 5.41. The summed E-state index contributed by atoms with van der Waals surface area (Å²) in [6, 6.07) is 11.2. The summed E-state index contributed by atoms with van der Waals surface area (Å²) in [5.74, 6) is 0. The van der Waals surface area contributed by atoms with Crippen molar-refractivity contribution < 1.29 is 4.57 Å². The zero-order valence-corrected chi connectivity index (χ0v) is 14.0. The molecule has 1 aromatic carbocycles. The van der Waals surface area contributed by atoms with Gasteiger partial charge in [-0.3, -0.25) is 4.57 Å². The number of aromatic nitrogens is 3. The normalized spacial score (nSPS) is 13.0. The van der Waals surface area contributed by atoms with E-state index in [1.807, 2.05) is 0 Å². The lowest BCUT2D eigenvalue weighted by atomic mass is 10.0. The quantitative estimate of drug-likeness (QED) is 0.386. The third kappa shape index (κ3) is 1.43. The fourth-order valence-corrected chi connectivity index (χ4v) is 4.41. The Morgan fingerprint density at radius 2 is 1.87 bits per heavy atom. The van der Waals surface area contributed by atoms with Crippen LogP contribution in [0, 0.1) is 20.8 Å². The van der Waals surface area contributed by atoms with Crippen molar-refractivity contribution >= 4 is 21.9 Å². The van der Waals surface area contributed by atoms with Gasteiger partial charge in [0.2, 0.25) is 12.2 Å². The Bertz CT molecular complexity index is 1130. The molecule has 0 radical (unpaired) electrons. The molecule has 0 saturated carbocycles. The molecule has 3 heteroatoms. The van der Waals surface area contributed by atoms with E-state index in [1.165, 1.54) is 50.0 Å². The minimum atomic E-state index is 0.875. The third-order valence-corrected chi connectivity index (χ3v) is 5.41. The first-order chi connectivity index (χ1) is 11.1. The fourth-order valence-electron chi connectivity index (χ4n) is 4.41. The smallest absolute Gasteiger partial charge is 0.241 e. The number of aryl methyl sites for hydroxylation is 4. The van der Waals surface area contributed by atoms with Crippen LogP contribution >= 0.6 is 0 Å². The van der Waals surface area contributed by atoms with E-state index in [-0.39, 0.29) is 0 Å². The number of pyridine rings is 1. The van der Waals surface area contributed by atoms with E-state index in [9.17, 15) is 0 Å². The summed E-state index contributed by atoms with van der Waals surface area (Å²) in [5.41, 5.74) is 10.8.